The Hall–Kier alpha value is -4.20. The molecule has 0 spiro atoms. The molecule has 0 aromatic heterocycles. The van der Waals surface area contributed by atoms with Gasteiger partial charge in [-0.2, -0.15) is 0 Å². The van der Waals surface area contributed by atoms with Crippen molar-refractivity contribution >= 4 is 23.7 Å². The van der Waals surface area contributed by atoms with Gasteiger partial charge in [0.2, 0.25) is 5.91 Å². The SMILES string of the molecule is O=C(NC(C(=O)Nc1cc(C(=O)O)ccc1F)C1CC1)OCC1c2ccccc2-c2ccccc21. The third-order valence-corrected chi connectivity index (χ3v) is 6.46. The van der Waals surface area contributed by atoms with E-state index in [0.717, 1.165) is 53.3 Å². The minimum atomic E-state index is -1.24. The predicted octanol–water partition coefficient (Wildman–Crippen LogP) is 4.78. The van der Waals surface area contributed by atoms with Gasteiger partial charge in [0.15, 0.2) is 0 Å². The molecule has 2 aliphatic rings. The number of rotatable bonds is 7. The molecule has 0 saturated heterocycles. The average molecular weight is 474 g/mol. The molecule has 2 aliphatic carbocycles. The second kappa shape index (κ2) is 9.21. The van der Waals surface area contributed by atoms with E-state index in [2.05, 4.69) is 10.6 Å². The maximum Gasteiger partial charge on any atom is 0.407 e. The van der Waals surface area contributed by atoms with Gasteiger partial charge < -0.3 is 20.5 Å². The number of hydrogen-bond acceptors (Lipinski definition) is 4. The molecule has 8 heteroatoms. The number of amides is 2. The van der Waals surface area contributed by atoms with Crippen molar-refractivity contribution in [2.45, 2.75) is 24.8 Å². The average Bonchev–Trinajstić information content (AvgIpc) is 3.65. The molecule has 35 heavy (non-hydrogen) atoms. The van der Waals surface area contributed by atoms with Crippen molar-refractivity contribution in [1.82, 2.24) is 5.32 Å². The van der Waals surface area contributed by atoms with Crippen LogP contribution in [-0.2, 0) is 9.53 Å². The molecule has 0 aliphatic heterocycles. The normalized spacial score (nSPS) is 15.0. The highest BCUT2D eigenvalue weighted by Crippen LogP contribution is 2.44. The second-order valence-electron chi connectivity index (χ2n) is 8.77. The van der Waals surface area contributed by atoms with Crippen molar-refractivity contribution in [3.05, 3.63) is 89.2 Å². The number of carboxylic acid groups (broad SMARTS) is 1. The molecule has 3 aromatic rings. The lowest BCUT2D eigenvalue weighted by atomic mass is 9.98. The Morgan fingerprint density at radius 3 is 2.20 bits per heavy atom. The van der Waals surface area contributed by atoms with Crippen LogP contribution < -0.4 is 10.6 Å². The van der Waals surface area contributed by atoms with Crippen LogP contribution in [0.4, 0.5) is 14.9 Å². The first-order valence-corrected chi connectivity index (χ1v) is 11.4. The van der Waals surface area contributed by atoms with Gasteiger partial charge in [-0.15, -0.1) is 0 Å². The lowest BCUT2D eigenvalue weighted by Gasteiger charge is -2.20. The second-order valence-corrected chi connectivity index (χ2v) is 8.77. The Morgan fingerprint density at radius 1 is 0.971 bits per heavy atom. The molecule has 0 radical (unpaired) electrons. The Kier molecular flexibility index (Phi) is 5.94. The molecule has 3 aromatic carbocycles. The highest BCUT2D eigenvalue weighted by Gasteiger charge is 2.38. The number of nitrogens with one attached hydrogen (secondary N) is 2. The van der Waals surface area contributed by atoms with Crippen LogP contribution in [0.5, 0.6) is 0 Å². The summed E-state index contributed by atoms with van der Waals surface area (Å²) >= 11 is 0. The molecule has 1 atom stereocenters. The molecule has 2 amide bonds. The van der Waals surface area contributed by atoms with Crippen molar-refractivity contribution in [3.63, 3.8) is 0 Å². The van der Waals surface area contributed by atoms with Gasteiger partial charge >= 0.3 is 12.1 Å². The van der Waals surface area contributed by atoms with Crippen molar-refractivity contribution in [2.75, 3.05) is 11.9 Å². The van der Waals surface area contributed by atoms with Crippen LogP contribution in [0.3, 0.4) is 0 Å². The van der Waals surface area contributed by atoms with Gasteiger partial charge in [0.25, 0.3) is 0 Å². The number of ether oxygens (including phenoxy) is 1. The van der Waals surface area contributed by atoms with Crippen LogP contribution in [-0.4, -0.2) is 35.7 Å². The molecule has 178 valence electrons. The number of anilines is 1. The maximum atomic E-state index is 14.2. The smallest absolute Gasteiger partial charge is 0.407 e. The van der Waals surface area contributed by atoms with E-state index in [0.29, 0.717) is 0 Å². The van der Waals surface area contributed by atoms with Gasteiger partial charge in [-0.3, -0.25) is 4.79 Å². The molecule has 1 saturated carbocycles. The summed E-state index contributed by atoms with van der Waals surface area (Å²) in [5.74, 6) is -2.84. The summed E-state index contributed by atoms with van der Waals surface area (Å²) < 4.78 is 19.7. The zero-order valence-corrected chi connectivity index (χ0v) is 18.7. The Labute approximate surface area is 200 Å². The molecular weight excluding hydrogens is 451 g/mol. The van der Waals surface area contributed by atoms with E-state index in [1.165, 1.54) is 0 Å². The van der Waals surface area contributed by atoms with Crippen molar-refractivity contribution in [1.29, 1.82) is 0 Å². The van der Waals surface area contributed by atoms with E-state index in [4.69, 9.17) is 9.84 Å². The fraction of sp³-hybridized carbons (Fsp3) is 0.222. The predicted molar refractivity (Wildman–Crippen MR) is 127 cm³/mol. The number of benzene rings is 3. The van der Waals surface area contributed by atoms with E-state index in [1.54, 1.807) is 0 Å². The molecule has 7 nitrogen and oxygen atoms in total. The molecular formula is C27H23FN2O5. The van der Waals surface area contributed by atoms with Gasteiger partial charge in [0, 0.05) is 5.92 Å². The quantitative estimate of drug-likeness (QED) is 0.457. The summed E-state index contributed by atoms with van der Waals surface area (Å²) in [6, 6.07) is 18.2. The van der Waals surface area contributed by atoms with Crippen LogP contribution in [0.1, 0.15) is 40.2 Å². The largest absolute Gasteiger partial charge is 0.478 e. The van der Waals surface area contributed by atoms with Crippen molar-refractivity contribution < 1.29 is 28.6 Å². The number of carbonyl (C=O) groups is 3. The molecule has 0 bridgehead atoms. The highest BCUT2D eigenvalue weighted by atomic mass is 19.1. The number of halogens is 1. The van der Waals surface area contributed by atoms with Gasteiger partial charge in [-0.05, 0) is 59.2 Å². The third kappa shape index (κ3) is 4.59. The van der Waals surface area contributed by atoms with E-state index < -0.39 is 29.8 Å². The number of carboxylic acids is 1. The first-order valence-electron chi connectivity index (χ1n) is 11.4. The molecule has 5 rings (SSSR count). The third-order valence-electron chi connectivity index (χ3n) is 6.46. The van der Waals surface area contributed by atoms with Gasteiger partial charge in [0.05, 0.1) is 11.3 Å². The van der Waals surface area contributed by atoms with Crippen molar-refractivity contribution in [3.8, 4) is 11.1 Å². The van der Waals surface area contributed by atoms with Crippen LogP contribution in [0.2, 0.25) is 0 Å². The van der Waals surface area contributed by atoms with Gasteiger partial charge in [-0.25, -0.2) is 14.0 Å². The monoisotopic (exact) mass is 474 g/mol. The number of carbonyl (C=O) groups excluding carboxylic acids is 2. The lowest BCUT2D eigenvalue weighted by molar-refractivity contribution is -0.118. The number of fused-ring (bicyclic) bond motifs is 3. The summed E-state index contributed by atoms with van der Waals surface area (Å²) in [4.78, 5) is 36.7. The van der Waals surface area contributed by atoms with E-state index >= 15 is 0 Å². The Morgan fingerprint density at radius 2 is 1.60 bits per heavy atom. The minimum Gasteiger partial charge on any atom is -0.478 e. The summed E-state index contributed by atoms with van der Waals surface area (Å²) in [5.41, 5.74) is 3.96. The summed E-state index contributed by atoms with van der Waals surface area (Å²) in [6.07, 6.45) is 0.734. The molecule has 1 unspecified atom stereocenters. The van der Waals surface area contributed by atoms with Gasteiger partial charge in [-0.1, -0.05) is 48.5 Å². The highest BCUT2D eigenvalue weighted by molar-refractivity contribution is 5.98. The fourth-order valence-electron chi connectivity index (χ4n) is 4.56. The zero-order chi connectivity index (χ0) is 24.5. The number of alkyl carbamates (subject to hydrolysis) is 1. The lowest BCUT2D eigenvalue weighted by Crippen LogP contribution is -2.45. The molecule has 1 fully saturated rings. The van der Waals surface area contributed by atoms with E-state index in [-0.39, 0.29) is 29.7 Å². The summed E-state index contributed by atoms with van der Waals surface area (Å²) in [7, 11) is 0. The van der Waals surface area contributed by atoms with Crippen LogP contribution in [0.25, 0.3) is 11.1 Å². The zero-order valence-electron chi connectivity index (χ0n) is 18.7. The number of aromatic carboxylic acids is 1. The maximum absolute atomic E-state index is 14.2. The van der Waals surface area contributed by atoms with E-state index in [9.17, 15) is 18.8 Å². The van der Waals surface area contributed by atoms with Crippen LogP contribution >= 0.6 is 0 Å². The van der Waals surface area contributed by atoms with E-state index in [1.807, 2.05) is 48.5 Å². The summed E-state index contributed by atoms with van der Waals surface area (Å²) in [5, 5.41) is 14.1. The Balaban J connectivity index is 1.26. The van der Waals surface area contributed by atoms with Crippen LogP contribution in [0, 0.1) is 11.7 Å². The molecule has 0 heterocycles. The summed E-state index contributed by atoms with van der Waals surface area (Å²) in [6.45, 7) is 0.105. The molecule has 3 N–H and O–H groups in total. The fourth-order valence-corrected chi connectivity index (χ4v) is 4.56. The van der Waals surface area contributed by atoms with Crippen LogP contribution in [0.15, 0.2) is 66.7 Å². The number of hydrogen-bond donors (Lipinski definition) is 3. The topological polar surface area (TPSA) is 105 Å². The van der Waals surface area contributed by atoms with Crippen molar-refractivity contribution in [2.24, 2.45) is 5.92 Å². The first-order chi connectivity index (χ1) is 16.9. The first kappa shape index (κ1) is 22.6. The Bertz CT molecular complexity index is 1270. The minimum absolute atomic E-state index is 0.0961. The van der Waals surface area contributed by atoms with Gasteiger partial charge in [0.1, 0.15) is 18.5 Å². The standard InChI is InChI=1S/C27H23FN2O5/c28-22-12-11-16(26(32)33)13-23(22)29-25(31)24(15-9-10-15)30-27(34)35-14-21-19-7-3-1-5-17(19)18-6-2-4-8-20(18)21/h1-8,11-13,15,21,24H,9-10,14H2,(H,29,31)(H,30,34)(H,32,33).